The molecule has 0 aliphatic heterocycles. The maximum Gasteiger partial charge on any atom is 0.333 e. The number of carbonyl (C=O) groups is 1. The molecule has 0 spiro atoms. The molecule has 2 aromatic rings. The number of nitrogens with one attached hydrogen (secondary N) is 2. The van der Waals surface area contributed by atoms with Gasteiger partial charge < -0.3 is 5.32 Å². The highest BCUT2D eigenvalue weighted by Gasteiger charge is 2.07. The monoisotopic (exact) mass is 305 g/mol. The molecule has 2 rings (SSSR count). The Hall–Kier alpha value is -2.04. The van der Waals surface area contributed by atoms with Crippen molar-refractivity contribution >= 4 is 24.1 Å². The van der Waals surface area contributed by atoms with E-state index in [0.29, 0.717) is 6.54 Å². The predicted octanol–water partition coefficient (Wildman–Crippen LogP) is 3.67. The maximum atomic E-state index is 11.9. The van der Waals surface area contributed by atoms with Crippen molar-refractivity contribution in [3.63, 3.8) is 0 Å². The molecule has 0 saturated heterocycles. The molecule has 2 amide bonds. The van der Waals surface area contributed by atoms with Gasteiger partial charge in [-0.25, -0.2) is 9.80 Å². The molecule has 0 aromatic heterocycles. The van der Waals surface area contributed by atoms with E-state index in [2.05, 4.69) is 10.7 Å². The fraction of sp³-hybridized carbons (Fsp3) is 0.188. The van der Waals surface area contributed by atoms with Crippen LogP contribution in [0, 0.1) is 0 Å². The second-order valence-corrected chi connectivity index (χ2v) is 4.43. The molecule has 112 valence electrons. The summed E-state index contributed by atoms with van der Waals surface area (Å²) in [5, 5.41) is 4.67. The Morgan fingerprint density at radius 3 is 2.14 bits per heavy atom. The third kappa shape index (κ3) is 5.85. The minimum absolute atomic E-state index is 0. The molecular formula is C16H20ClN3O. The van der Waals surface area contributed by atoms with Gasteiger partial charge in [-0.2, -0.15) is 0 Å². The van der Waals surface area contributed by atoms with E-state index in [4.69, 9.17) is 0 Å². The smallest absolute Gasteiger partial charge is 0.307 e. The van der Waals surface area contributed by atoms with E-state index in [9.17, 15) is 4.79 Å². The van der Waals surface area contributed by atoms with Crippen molar-refractivity contribution in [2.45, 2.75) is 13.5 Å². The summed E-state index contributed by atoms with van der Waals surface area (Å²) >= 11 is 0. The Morgan fingerprint density at radius 1 is 1.00 bits per heavy atom. The molecule has 2 aromatic carbocycles. The molecule has 0 bridgehead atoms. The predicted molar refractivity (Wildman–Crippen MR) is 88.4 cm³/mol. The summed E-state index contributed by atoms with van der Waals surface area (Å²) in [6, 6.07) is 19.2. The molecule has 0 saturated carbocycles. The van der Waals surface area contributed by atoms with Gasteiger partial charge in [-0.15, -0.1) is 12.4 Å². The van der Waals surface area contributed by atoms with Crippen LogP contribution < -0.4 is 10.7 Å². The van der Waals surface area contributed by atoms with Gasteiger partial charge in [-0.1, -0.05) is 55.5 Å². The fourth-order valence-electron chi connectivity index (χ4n) is 1.86. The van der Waals surface area contributed by atoms with Crippen LogP contribution in [0.25, 0.3) is 0 Å². The quantitative estimate of drug-likeness (QED) is 0.828. The second kappa shape index (κ2) is 9.00. The lowest BCUT2D eigenvalue weighted by Crippen LogP contribution is -2.43. The van der Waals surface area contributed by atoms with E-state index in [-0.39, 0.29) is 18.4 Å². The lowest BCUT2D eigenvalue weighted by atomic mass is 10.2. The molecule has 4 nitrogen and oxygen atoms in total. The van der Waals surface area contributed by atoms with E-state index in [0.717, 1.165) is 17.8 Å². The number of nitrogens with zero attached hydrogens (tertiary/aromatic N) is 1. The lowest BCUT2D eigenvalue weighted by molar-refractivity contribution is 0.186. The zero-order chi connectivity index (χ0) is 14.2. The second-order valence-electron chi connectivity index (χ2n) is 4.43. The molecule has 0 heterocycles. The maximum absolute atomic E-state index is 11.9. The SMILES string of the molecule is CCN(Cc1ccccc1)NC(=O)Nc1ccccc1.Cl. The van der Waals surface area contributed by atoms with Gasteiger partial charge >= 0.3 is 6.03 Å². The summed E-state index contributed by atoms with van der Waals surface area (Å²) in [5.74, 6) is 0. The van der Waals surface area contributed by atoms with Crippen LogP contribution in [0.4, 0.5) is 10.5 Å². The Labute approximate surface area is 131 Å². The molecule has 0 radical (unpaired) electrons. The van der Waals surface area contributed by atoms with Gasteiger partial charge in [-0.05, 0) is 17.7 Å². The van der Waals surface area contributed by atoms with Crippen LogP contribution in [0.1, 0.15) is 12.5 Å². The Balaban J connectivity index is 0.00000220. The van der Waals surface area contributed by atoms with Gasteiger partial charge in [0.2, 0.25) is 0 Å². The van der Waals surface area contributed by atoms with E-state index < -0.39 is 0 Å². The summed E-state index contributed by atoms with van der Waals surface area (Å²) in [6.07, 6.45) is 0. The van der Waals surface area contributed by atoms with Crippen molar-refractivity contribution in [2.24, 2.45) is 0 Å². The highest BCUT2D eigenvalue weighted by Crippen LogP contribution is 2.05. The van der Waals surface area contributed by atoms with Crippen molar-refractivity contribution in [3.8, 4) is 0 Å². The molecular weight excluding hydrogens is 286 g/mol. The van der Waals surface area contributed by atoms with Crippen molar-refractivity contribution in [1.29, 1.82) is 0 Å². The van der Waals surface area contributed by atoms with Crippen LogP contribution in [0.3, 0.4) is 0 Å². The van der Waals surface area contributed by atoms with E-state index >= 15 is 0 Å². The van der Waals surface area contributed by atoms with Gasteiger partial charge in [0.05, 0.1) is 0 Å². The number of hydrogen-bond acceptors (Lipinski definition) is 2. The zero-order valence-electron chi connectivity index (χ0n) is 12.0. The molecule has 2 N–H and O–H groups in total. The van der Waals surface area contributed by atoms with Gasteiger partial charge in [0, 0.05) is 18.8 Å². The van der Waals surface area contributed by atoms with Crippen molar-refractivity contribution in [3.05, 3.63) is 66.2 Å². The fourth-order valence-corrected chi connectivity index (χ4v) is 1.86. The van der Waals surface area contributed by atoms with Crippen molar-refractivity contribution < 1.29 is 4.79 Å². The van der Waals surface area contributed by atoms with E-state index in [1.807, 2.05) is 72.6 Å². The van der Waals surface area contributed by atoms with Crippen LogP contribution in [-0.2, 0) is 6.54 Å². The van der Waals surface area contributed by atoms with Crippen molar-refractivity contribution in [1.82, 2.24) is 10.4 Å². The Morgan fingerprint density at radius 2 is 1.57 bits per heavy atom. The first kappa shape index (κ1) is 17.0. The number of halogens is 1. The van der Waals surface area contributed by atoms with Crippen LogP contribution in [0.15, 0.2) is 60.7 Å². The average molecular weight is 306 g/mol. The highest BCUT2D eigenvalue weighted by atomic mass is 35.5. The molecule has 0 aliphatic carbocycles. The molecule has 21 heavy (non-hydrogen) atoms. The molecule has 5 heteroatoms. The highest BCUT2D eigenvalue weighted by molar-refractivity contribution is 5.88. The number of amides is 2. The first-order valence-electron chi connectivity index (χ1n) is 6.69. The van der Waals surface area contributed by atoms with Crippen molar-refractivity contribution in [2.75, 3.05) is 11.9 Å². The first-order valence-corrected chi connectivity index (χ1v) is 6.69. The first-order chi connectivity index (χ1) is 9.78. The molecule has 0 unspecified atom stereocenters. The van der Waals surface area contributed by atoms with Crippen LogP contribution >= 0.6 is 12.4 Å². The third-order valence-corrected chi connectivity index (χ3v) is 2.89. The van der Waals surface area contributed by atoms with E-state index in [1.54, 1.807) is 0 Å². The summed E-state index contributed by atoms with van der Waals surface area (Å²) in [7, 11) is 0. The number of hydrazine groups is 1. The topological polar surface area (TPSA) is 44.4 Å². The van der Waals surface area contributed by atoms with Gasteiger partial charge in [-0.3, -0.25) is 5.43 Å². The molecule has 0 fully saturated rings. The van der Waals surface area contributed by atoms with Crippen LogP contribution in [-0.4, -0.2) is 17.6 Å². The summed E-state index contributed by atoms with van der Waals surface area (Å²) < 4.78 is 0. The number of carbonyl (C=O) groups excluding carboxylic acids is 1. The van der Waals surface area contributed by atoms with Gasteiger partial charge in [0.1, 0.15) is 0 Å². The molecule has 0 aliphatic rings. The summed E-state index contributed by atoms with van der Waals surface area (Å²) in [6.45, 7) is 3.42. The Kier molecular flexibility index (Phi) is 7.29. The van der Waals surface area contributed by atoms with Crippen LogP contribution in [0.5, 0.6) is 0 Å². The van der Waals surface area contributed by atoms with E-state index in [1.165, 1.54) is 0 Å². The molecule has 0 atom stereocenters. The summed E-state index contributed by atoms with van der Waals surface area (Å²) in [5.41, 5.74) is 4.79. The average Bonchev–Trinajstić information content (AvgIpc) is 2.48. The Bertz CT molecular complexity index is 534. The number of anilines is 1. The minimum Gasteiger partial charge on any atom is -0.307 e. The minimum atomic E-state index is -0.228. The number of benzene rings is 2. The largest absolute Gasteiger partial charge is 0.333 e. The standard InChI is InChI=1S/C16H19N3O.ClH/c1-2-19(13-14-9-5-3-6-10-14)18-16(20)17-15-11-7-4-8-12-15;/h3-12H,2,13H2,1H3,(H2,17,18,20);1H. The normalized spacial score (nSPS) is 9.81. The third-order valence-electron chi connectivity index (χ3n) is 2.89. The lowest BCUT2D eigenvalue weighted by Gasteiger charge is -2.21. The van der Waals surface area contributed by atoms with Gasteiger partial charge in [0.15, 0.2) is 0 Å². The number of para-hydroxylation sites is 1. The number of hydrogen-bond donors (Lipinski definition) is 2. The van der Waals surface area contributed by atoms with Gasteiger partial charge in [0.25, 0.3) is 0 Å². The summed E-state index contributed by atoms with van der Waals surface area (Å²) in [4.78, 5) is 11.9. The number of rotatable bonds is 5. The number of urea groups is 1. The zero-order valence-corrected chi connectivity index (χ0v) is 12.8. The van der Waals surface area contributed by atoms with Crippen LogP contribution in [0.2, 0.25) is 0 Å².